The predicted molar refractivity (Wildman–Crippen MR) is 91.2 cm³/mol. The molecule has 0 saturated heterocycles. The molecule has 0 spiro atoms. The van der Waals surface area contributed by atoms with Crippen molar-refractivity contribution in [3.8, 4) is 5.75 Å². The third kappa shape index (κ3) is 5.31. The molecule has 1 aliphatic carbocycles. The summed E-state index contributed by atoms with van der Waals surface area (Å²) in [5.74, 6) is 2.03. The molecule has 124 valence electrons. The number of rotatable bonds is 9. The van der Waals surface area contributed by atoms with Crippen molar-refractivity contribution in [3.05, 3.63) is 29.8 Å². The molecule has 0 atom stereocenters. The van der Waals surface area contributed by atoms with E-state index in [4.69, 9.17) is 4.74 Å². The lowest BCUT2D eigenvalue weighted by Gasteiger charge is -2.25. The second-order valence-corrected chi connectivity index (χ2v) is 9.30. The number of unbranched alkanes of at least 4 members (excludes halogenated alkanes) is 1. The molecule has 22 heavy (non-hydrogen) atoms. The summed E-state index contributed by atoms with van der Waals surface area (Å²) in [6, 6.07) is 7.91. The lowest BCUT2D eigenvalue weighted by atomic mass is 9.87. The van der Waals surface area contributed by atoms with Crippen molar-refractivity contribution in [2.45, 2.75) is 51.9 Å². The van der Waals surface area contributed by atoms with Crippen LogP contribution in [0.4, 0.5) is 0 Å². The van der Waals surface area contributed by atoms with Crippen molar-refractivity contribution in [3.63, 3.8) is 0 Å². The van der Waals surface area contributed by atoms with Crippen LogP contribution < -0.4 is 4.74 Å². The fraction of sp³-hybridized carbons (Fsp3) is 0.667. The molecule has 0 bridgehead atoms. The van der Waals surface area contributed by atoms with Crippen LogP contribution in [-0.4, -0.2) is 26.5 Å². The molecule has 1 fully saturated rings. The van der Waals surface area contributed by atoms with Gasteiger partial charge in [-0.3, -0.25) is 0 Å². The van der Waals surface area contributed by atoms with Gasteiger partial charge in [-0.1, -0.05) is 39.3 Å². The Morgan fingerprint density at radius 1 is 1.27 bits per heavy atom. The monoisotopic (exact) mass is 324 g/mol. The Bertz CT molecular complexity index is 586. The summed E-state index contributed by atoms with van der Waals surface area (Å²) in [5.41, 5.74) is 0.631. The highest BCUT2D eigenvalue weighted by atomic mass is 32.2. The highest BCUT2D eigenvalue weighted by molar-refractivity contribution is 7.91. The summed E-state index contributed by atoms with van der Waals surface area (Å²) < 4.78 is 30.3. The van der Waals surface area contributed by atoms with Gasteiger partial charge in [0.15, 0.2) is 9.84 Å². The number of hydrogen-bond acceptors (Lipinski definition) is 3. The molecule has 1 aliphatic rings. The average molecular weight is 324 g/mol. The summed E-state index contributed by atoms with van der Waals surface area (Å²) in [6.45, 7) is 6.78. The number of sulfone groups is 1. The minimum absolute atomic E-state index is 0.187. The molecular weight excluding hydrogens is 296 g/mol. The largest absolute Gasteiger partial charge is 0.493 e. The average Bonchev–Trinajstić information content (AvgIpc) is 3.26. The van der Waals surface area contributed by atoms with E-state index in [9.17, 15) is 8.42 Å². The molecule has 1 aromatic rings. The number of hydrogen-bond donors (Lipinski definition) is 0. The van der Waals surface area contributed by atoms with Gasteiger partial charge in [-0.05, 0) is 42.9 Å². The zero-order chi connectivity index (χ0) is 16.2. The van der Waals surface area contributed by atoms with Crippen molar-refractivity contribution < 1.29 is 13.2 Å². The van der Waals surface area contributed by atoms with Gasteiger partial charge in [0, 0.05) is 5.41 Å². The first-order valence-corrected chi connectivity index (χ1v) is 10.1. The van der Waals surface area contributed by atoms with E-state index in [1.54, 1.807) is 0 Å². The van der Waals surface area contributed by atoms with E-state index in [2.05, 4.69) is 0 Å². The van der Waals surface area contributed by atoms with Gasteiger partial charge in [-0.2, -0.15) is 0 Å². The summed E-state index contributed by atoms with van der Waals surface area (Å²) in [5, 5.41) is 0. The maximum atomic E-state index is 12.3. The summed E-state index contributed by atoms with van der Waals surface area (Å²) in [6.07, 6.45) is 4.18. The van der Waals surface area contributed by atoms with Gasteiger partial charge in [0.25, 0.3) is 0 Å². The maximum absolute atomic E-state index is 12.3. The minimum atomic E-state index is -3.02. The van der Waals surface area contributed by atoms with Gasteiger partial charge < -0.3 is 4.74 Å². The summed E-state index contributed by atoms with van der Waals surface area (Å²) in [4.78, 5) is 0. The van der Waals surface area contributed by atoms with Crippen molar-refractivity contribution in [1.82, 2.24) is 0 Å². The molecule has 0 amide bonds. The zero-order valence-electron chi connectivity index (χ0n) is 14.0. The molecule has 1 aromatic carbocycles. The highest BCUT2D eigenvalue weighted by Gasteiger charge is 2.28. The van der Waals surface area contributed by atoms with E-state index in [1.807, 2.05) is 45.0 Å². The van der Waals surface area contributed by atoms with Crippen molar-refractivity contribution in [2.75, 3.05) is 18.1 Å². The summed E-state index contributed by atoms with van der Waals surface area (Å²) >= 11 is 0. The van der Waals surface area contributed by atoms with Crippen LogP contribution in [0.2, 0.25) is 0 Å². The molecule has 0 heterocycles. The standard InChI is InChI=1S/C18H28O3S/c1-4-5-11-22(19,20)14-18(2,3)16-7-6-8-17(12-16)21-13-15-9-10-15/h6-8,12,15H,4-5,9-11,13-14H2,1-3H3. The first kappa shape index (κ1) is 17.3. The van der Waals surface area contributed by atoms with Crippen LogP contribution in [0.15, 0.2) is 24.3 Å². The van der Waals surface area contributed by atoms with Crippen LogP contribution >= 0.6 is 0 Å². The van der Waals surface area contributed by atoms with Gasteiger partial charge in [-0.25, -0.2) is 8.42 Å². The van der Waals surface area contributed by atoms with Crippen LogP contribution in [0.5, 0.6) is 5.75 Å². The fourth-order valence-corrected chi connectivity index (χ4v) is 4.71. The van der Waals surface area contributed by atoms with Crippen LogP contribution in [0, 0.1) is 5.92 Å². The van der Waals surface area contributed by atoms with Gasteiger partial charge >= 0.3 is 0 Å². The maximum Gasteiger partial charge on any atom is 0.151 e. The Balaban J connectivity index is 2.05. The van der Waals surface area contributed by atoms with E-state index in [-0.39, 0.29) is 11.5 Å². The topological polar surface area (TPSA) is 43.4 Å². The van der Waals surface area contributed by atoms with Crippen LogP contribution in [0.25, 0.3) is 0 Å². The van der Waals surface area contributed by atoms with Gasteiger partial charge in [0.05, 0.1) is 18.1 Å². The Morgan fingerprint density at radius 3 is 2.64 bits per heavy atom. The molecule has 0 unspecified atom stereocenters. The Kier molecular flexibility index (Phi) is 5.54. The van der Waals surface area contributed by atoms with Crippen LogP contribution in [0.3, 0.4) is 0 Å². The summed E-state index contributed by atoms with van der Waals surface area (Å²) in [7, 11) is -3.02. The van der Waals surface area contributed by atoms with Gasteiger partial charge in [0.2, 0.25) is 0 Å². The molecular formula is C18H28O3S. The Labute approximate surface area is 135 Å². The third-order valence-corrected chi connectivity index (χ3v) is 6.26. The van der Waals surface area contributed by atoms with E-state index < -0.39 is 15.3 Å². The highest BCUT2D eigenvalue weighted by Crippen LogP contribution is 2.31. The molecule has 0 radical (unpaired) electrons. The molecule has 0 aliphatic heterocycles. The molecule has 3 nitrogen and oxygen atoms in total. The molecule has 0 aromatic heterocycles. The molecule has 4 heteroatoms. The molecule has 0 N–H and O–H groups in total. The van der Waals surface area contributed by atoms with Crippen LogP contribution in [0.1, 0.15) is 52.0 Å². The van der Waals surface area contributed by atoms with E-state index in [1.165, 1.54) is 12.8 Å². The number of benzene rings is 1. The van der Waals surface area contributed by atoms with Crippen molar-refractivity contribution in [1.29, 1.82) is 0 Å². The van der Waals surface area contributed by atoms with E-state index in [0.29, 0.717) is 5.92 Å². The lowest BCUT2D eigenvalue weighted by Crippen LogP contribution is -2.29. The molecule has 1 saturated carbocycles. The first-order valence-electron chi connectivity index (χ1n) is 8.26. The zero-order valence-corrected chi connectivity index (χ0v) is 14.8. The van der Waals surface area contributed by atoms with E-state index in [0.717, 1.165) is 30.8 Å². The first-order chi connectivity index (χ1) is 10.3. The Hall–Kier alpha value is -1.03. The van der Waals surface area contributed by atoms with Crippen LogP contribution in [-0.2, 0) is 15.3 Å². The van der Waals surface area contributed by atoms with Crippen molar-refractivity contribution in [2.24, 2.45) is 5.92 Å². The predicted octanol–water partition coefficient (Wildman–Crippen LogP) is 3.97. The number of ether oxygens (including phenoxy) is 1. The van der Waals surface area contributed by atoms with E-state index >= 15 is 0 Å². The SMILES string of the molecule is CCCCS(=O)(=O)CC(C)(C)c1cccc(OCC2CC2)c1. The second-order valence-electron chi connectivity index (χ2n) is 7.11. The van der Waals surface area contributed by atoms with Gasteiger partial charge in [0.1, 0.15) is 5.75 Å². The third-order valence-electron chi connectivity index (χ3n) is 4.19. The lowest BCUT2D eigenvalue weighted by molar-refractivity contribution is 0.299. The van der Waals surface area contributed by atoms with Crippen molar-refractivity contribution >= 4 is 9.84 Å². The van der Waals surface area contributed by atoms with Gasteiger partial charge in [-0.15, -0.1) is 0 Å². The fourth-order valence-electron chi connectivity index (χ4n) is 2.57. The Morgan fingerprint density at radius 2 is 2.00 bits per heavy atom. The second kappa shape index (κ2) is 7.03. The quantitative estimate of drug-likeness (QED) is 0.690. The normalized spacial score (nSPS) is 15.8. The smallest absolute Gasteiger partial charge is 0.151 e. The minimum Gasteiger partial charge on any atom is -0.493 e. The molecule has 2 rings (SSSR count).